The molecular weight excluding hydrogens is 224 g/mol. The highest BCUT2D eigenvalue weighted by Crippen LogP contribution is 2.21. The van der Waals surface area contributed by atoms with Gasteiger partial charge < -0.3 is 9.26 Å². The standard InChI is InChI=1S/C10H18N4O3/c1-7(2)14-3-4-15-8(5-14)10-12-9(6-16-11)17-13-10/h7-8H,3-6,11H2,1-2H3. The molecule has 0 radical (unpaired) electrons. The van der Waals surface area contributed by atoms with Gasteiger partial charge in [0.25, 0.3) is 5.89 Å². The van der Waals surface area contributed by atoms with Crippen LogP contribution >= 0.6 is 0 Å². The minimum atomic E-state index is -0.138. The fourth-order valence-corrected chi connectivity index (χ4v) is 1.82. The van der Waals surface area contributed by atoms with Crippen molar-refractivity contribution in [1.82, 2.24) is 15.0 Å². The Morgan fingerprint density at radius 1 is 1.59 bits per heavy atom. The number of hydrogen-bond donors (Lipinski definition) is 1. The molecule has 17 heavy (non-hydrogen) atoms. The third-order valence-electron chi connectivity index (χ3n) is 2.81. The predicted molar refractivity (Wildman–Crippen MR) is 58.7 cm³/mol. The maximum atomic E-state index is 5.64. The molecule has 1 saturated heterocycles. The van der Waals surface area contributed by atoms with Crippen molar-refractivity contribution < 1.29 is 14.1 Å². The molecule has 1 aliphatic rings. The molecule has 2 rings (SSSR count). The first-order valence-corrected chi connectivity index (χ1v) is 5.70. The van der Waals surface area contributed by atoms with Gasteiger partial charge in [-0.15, -0.1) is 0 Å². The summed E-state index contributed by atoms with van der Waals surface area (Å²) in [5.41, 5.74) is 0. The van der Waals surface area contributed by atoms with E-state index in [1.165, 1.54) is 0 Å². The molecule has 0 aromatic carbocycles. The van der Waals surface area contributed by atoms with Crippen molar-refractivity contribution in [2.45, 2.75) is 32.6 Å². The van der Waals surface area contributed by atoms with Gasteiger partial charge in [-0.3, -0.25) is 9.74 Å². The minimum absolute atomic E-state index is 0.119. The van der Waals surface area contributed by atoms with Crippen LogP contribution in [0.2, 0.25) is 0 Å². The Kier molecular flexibility index (Phi) is 4.06. The largest absolute Gasteiger partial charge is 0.367 e. The molecule has 1 aliphatic heterocycles. The van der Waals surface area contributed by atoms with Crippen LogP contribution in [0.1, 0.15) is 31.7 Å². The molecule has 2 N–H and O–H groups in total. The van der Waals surface area contributed by atoms with E-state index in [9.17, 15) is 0 Å². The molecule has 1 aromatic rings. The molecule has 1 aromatic heterocycles. The van der Waals surface area contributed by atoms with Crippen LogP contribution in [0.5, 0.6) is 0 Å². The summed E-state index contributed by atoms with van der Waals surface area (Å²) in [7, 11) is 0. The van der Waals surface area contributed by atoms with E-state index < -0.39 is 0 Å². The first-order valence-electron chi connectivity index (χ1n) is 5.70. The van der Waals surface area contributed by atoms with E-state index >= 15 is 0 Å². The van der Waals surface area contributed by atoms with E-state index in [1.807, 2.05) is 0 Å². The van der Waals surface area contributed by atoms with Crippen molar-refractivity contribution in [3.8, 4) is 0 Å². The lowest BCUT2D eigenvalue weighted by Gasteiger charge is -2.34. The monoisotopic (exact) mass is 242 g/mol. The van der Waals surface area contributed by atoms with Gasteiger partial charge >= 0.3 is 0 Å². The van der Waals surface area contributed by atoms with Crippen LogP contribution in [0.25, 0.3) is 0 Å². The lowest BCUT2D eigenvalue weighted by Crippen LogP contribution is -2.42. The summed E-state index contributed by atoms with van der Waals surface area (Å²) in [5.74, 6) is 5.87. The third-order valence-corrected chi connectivity index (χ3v) is 2.81. The maximum absolute atomic E-state index is 5.64. The second kappa shape index (κ2) is 5.54. The van der Waals surface area contributed by atoms with E-state index in [1.54, 1.807) is 0 Å². The first-order chi connectivity index (χ1) is 8.20. The van der Waals surface area contributed by atoms with Crippen LogP contribution in [-0.4, -0.2) is 40.8 Å². The van der Waals surface area contributed by atoms with Crippen LogP contribution in [-0.2, 0) is 16.2 Å². The quantitative estimate of drug-likeness (QED) is 0.757. The topological polar surface area (TPSA) is 86.6 Å². The highest BCUT2D eigenvalue weighted by atomic mass is 16.6. The molecule has 1 atom stereocenters. The zero-order valence-electron chi connectivity index (χ0n) is 10.1. The summed E-state index contributed by atoms with van der Waals surface area (Å²) in [6.45, 7) is 6.83. The zero-order chi connectivity index (χ0) is 12.3. The summed E-state index contributed by atoms with van der Waals surface area (Å²) in [5, 5.41) is 3.88. The lowest BCUT2D eigenvalue weighted by molar-refractivity contribution is -0.0450. The second-order valence-electron chi connectivity index (χ2n) is 4.31. The van der Waals surface area contributed by atoms with Gasteiger partial charge in [-0.2, -0.15) is 4.98 Å². The van der Waals surface area contributed by atoms with E-state index in [-0.39, 0.29) is 12.7 Å². The molecule has 0 aliphatic carbocycles. The molecule has 0 amide bonds. The number of nitrogens with two attached hydrogens (primary N) is 1. The van der Waals surface area contributed by atoms with Gasteiger partial charge in [0, 0.05) is 19.1 Å². The van der Waals surface area contributed by atoms with E-state index in [4.69, 9.17) is 15.2 Å². The Balaban J connectivity index is 2.00. The number of aromatic nitrogens is 2. The van der Waals surface area contributed by atoms with Crippen LogP contribution in [0.4, 0.5) is 0 Å². The normalized spacial score (nSPS) is 22.2. The molecular formula is C10H18N4O3. The highest BCUT2D eigenvalue weighted by molar-refractivity contribution is 4.93. The van der Waals surface area contributed by atoms with Gasteiger partial charge in [0.1, 0.15) is 12.7 Å². The molecule has 0 spiro atoms. The average molecular weight is 242 g/mol. The number of ether oxygens (including phenoxy) is 1. The van der Waals surface area contributed by atoms with Crippen LogP contribution in [0.15, 0.2) is 4.52 Å². The number of hydrogen-bond acceptors (Lipinski definition) is 7. The Morgan fingerprint density at radius 2 is 2.41 bits per heavy atom. The summed E-state index contributed by atoms with van der Waals surface area (Å²) in [6.07, 6.45) is -0.138. The van der Waals surface area contributed by atoms with Gasteiger partial charge in [0.2, 0.25) is 5.82 Å². The van der Waals surface area contributed by atoms with E-state index in [0.717, 1.165) is 13.1 Å². The van der Waals surface area contributed by atoms with Crippen molar-refractivity contribution in [2.24, 2.45) is 5.90 Å². The molecule has 0 bridgehead atoms. The average Bonchev–Trinajstić information content (AvgIpc) is 2.78. The van der Waals surface area contributed by atoms with Crippen molar-refractivity contribution in [1.29, 1.82) is 0 Å². The fraction of sp³-hybridized carbons (Fsp3) is 0.800. The maximum Gasteiger partial charge on any atom is 0.254 e. The molecule has 2 heterocycles. The van der Waals surface area contributed by atoms with Crippen LogP contribution < -0.4 is 5.90 Å². The Hall–Kier alpha value is -1.02. The van der Waals surface area contributed by atoms with E-state index in [0.29, 0.717) is 24.4 Å². The van der Waals surface area contributed by atoms with Crippen molar-refractivity contribution in [3.05, 3.63) is 11.7 Å². The highest BCUT2D eigenvalue weighted by Gasteiger charge is 2.27. The summed E-state index contributed by atoms with van der Waals surface area (Å²) < 4.78 is 10.6. The third kappa shape index (κ3) is 3.01. The minimum Gasteiger partial charge on any atom is -0.367 e. The van der Waals surface area contributed by atoms with Crippen molar-refractivity contribution in [2.75, 3.05) is 19.7 Å². The molecule has 96 valence electrons. The number of rotatable bonds is 4. The summed E-state index contributed by atoms with van der Waals surface area (Å²) in [6, 6.07) is 0.486. The van der Waals surface area contributed by atoms with Crippen molar-refractivity contribution in [3.63, 3.8) is 0 Å². The Labute approximate surface area is 99.8 Å². The Morgan fingerprint density at radius 3 is 3.12 bits per heavy atom. The predicted octanol–water partition coefficient (Wildman–Crippen LogP) is 0.242. The molecule has 1 unspecified atom stereocenters. The van der Waals surface area contributed by atoms with E-state index in [2.05, 4.69) is 33.7 Å². The number of nitrogens with zero attached hydrogens (tertiary/aromatic N) is 3. The number of morpholine rings is 1. The van der Waals surface area contributed by atoms with Gasteiger partial charge in [0.15, 0.2) is 0 Å². The van der Waals surface area contributed by atoms with Gasteiger partial charge in [-0.1, -0.05) is 5.16 Å². The molecule has 7 heteroatoms. The van der Waals surface area contributed by atoms with Crippen molar-refractivity contribution >= 4 is 0 Å². The van der Waals surface area contributed by atoms with Crippen LogP contribution in [0, 0.1) is 0 Å². The van der Waals surface area contributed by atoms with Gasteiger partial charge in [-0.05, 0) is 13.8 Å². The molecule has 0 saturated carbocycles. The van der Waals surface area contributed by atoms with Gasteiger partial charge in [0.05, 0.1) is 6.61 Å². The molecule has 7 nitrogen and oxygen atoms in total. The summed E-state index contributed by atoms with van der Waals surface area (Å²) >= 11 is 0. The first kappa shape index (κ1) is 12.4. The lowest BCUT2D eigenvalue weighted by atomic mass is 10.2. The summed E-state index contributed by atoms with van der Waals surface area (Å²) in [4.78, 5) is 10.9. The SMILES string of the molecule is CC(C)N1CCOC(c2noc(CON)n2)C1. The Bertz CT molecular complexity index is 355. The van der Waals surface area contributed by atoms with Gasteiger partial charge in [-0.25, -0.2) is 5.90 Å². The van der Waals surface area contributed by atoms with Crippen LogP contribution in [0.3, 0.4) is 0 Å². The zero-order valence-corrected chi connectivity index (χ0v) is 10.1. The second-order valence-corrected chi connectivity index (χ2v) is 4.31. The fourth-order valence-electron chi connectivity index (χ4n) is 1.82. The molecule has 1 fully saturated rings. The smallest absolute Gasteiger partial charge is 0.254 e.